The van der Waals surface area contributed by atoms with Gasteiger partial charge in [-0.2, -0.15) is 4.37 Å². The van der Waals surface area contributed by atoms with E-state index in [2.05, 4.69) is 22.8 Å². The number of urea groups is 1. The molecular weight excluding hydrogens is 272 g/mol. The van der Waals surface area contributed by atoms with Crippen molar-refractivity contribution in [1.82, 2.24) is 14.2 Å². The van der Waals surface area contributed by atoms with E-state index in [4.69, 9.17) is 0 Å². The van der Waals surface area contributed by atoms with E-state index < -0.39 is 0 Å². The SMILES string of the molecule is C=C(C)CN1CN(C)C(=O)N(c2snc(CC)c2C)C1. The monoisotopic (exact) mass is 294 g/mol. The Bertz CT molecular complexity index is 525. The molecule has 5 nitrogen and oxygen atoms in total. The van der Waals surface area contributed by atoms with Gasteiger partial charge in [-0.3, -0.25) is 9.80 Å². The van der Waals surface area contributed by atoms with E-state index in [1.165, 1.54) is 11.5 Å². The second kappa shape index (κ2) is 5.93. The molecule has 0 radical (unpaired) electrons. The predicted octanol–water partition coefficient (Wildman–Crippen LogP) is 2.68. The molecule has 0 atom stereocenters. The van der Waals surface area contributed by atoms with Crippen LogP contribution in [0.2, 0.25) is 0 Å². The Kier molecular flexibility index (Phi) is 4.45. The number of carbonyl (C=O) groups is 1. The summed E-state index contributed by atoms with van der Waals surface area (Å²) in [5.74, 6) is 0. The number of carbonyl (C=O) groups excluding carboxylic acids is 1. The highest BCUT2D eigenvalue weighted by Crippen LogP contribution is 2.30. The maximum Gasteiger partial charge on any atom is 0.327 e. The van der Waals surface area contributed by atoms with Crippen molar-refractivity contribution in [3.8, 4) is 0 Å². The minimum absolute atomic E-state index is 0.0392. The highest BCUT2D eigenvalue weighted by molar-refractivity contribution is 7.10. The number of hydrogen-bond acceptors (Lipinski definition) is 4. The first kappa shape index (κ1) is 15.0. The van der Waals surface area contributed by atoms with Gasteiger partial charge >= 0.3 is 6.03 Å². The molecule has 2 rings (SSSR count). The average Bonchev–Trinajstić information content (AvgIpc) is 2.74. The van der Waals surface area contributed by atoms with Gasteiger partial charge in [0, 0.05) is 19.2 Å². The predicted molar refractivity (Wildman–Crippen MR) is 83.1 cm³/mol. The van der Waals surface area contributed by atoms with Crippen LogP contribution in [0.4, 0.5) is 9.80 Å². The molecule has 0 unspecified atom stereocenters. The van der Waals surface area contributed by atoms with E-state index in [1.54, 1.807) is 4.90 Å². The molecule has 1 saturated heterocycles. The first-order valence-electron chi connectivity index (χ1n) is 6.78. The minimum atomic E-state index is 0.0392. The van der Waals surface area contributed by atoms with Crippen LogP contribution < -0.4 is 4.90 Å². The van der Waals surface area contributed by atoms with E-state index in [-0.39, 0.29) is 6.03 Å². The molecule has 0 bridgehead atoms. The fourth-order valence-corrected chi connectivity index (χ4v) is 3.40. The number of amides is 2. The van der Waals surface area contributed by atoms with Crippen LogP contribution in [0.3, 0.4) is 0 Å². The fraction of sp³-hybridized carbons (Fsp3) is 0.571. The van der Waals surface area contributed by atoms with Crippen LogP contribution in [0.5, 0.6) is 0 Å². The number of aromatic nitrogens is 1. The molecule has 1 aromatic heterocycles. The number of anilines is 1. The third kappa shape index (κ3) is 2.86. The van der Waals surface area contributed by atoms with Gasteiger partial charge in [0.1, 0.15) is 5.00 Å². The molecule has 1 aromatic rings. The lowest BCUT2D eigenvalue weighted by Crippen LogP contribution is -2.57. The molecule has 2 amide bonds. The van der Waals surface area contributed by atoms with Crippen LogP contribution in [0, 0.1) is 6.92 Å². The van der Waals surface area contributed by atoms with Crippen LogP contribution in [0.1, 0.15) is 25.1 Å². The van der Waals surface area contributed by atoms with Crippen molar-refractivity contribution in [1.29, 1.82) is 0 Å². The molecular formula is C14H22N4OS. The van der Waals surface area contributed by atoms with Crippen LogP contribution in [0.25, 0.3) is 0 Å². The normalized spacial score (nSPS) is 16.9. The summed E-state index contributed by atoms with van der Waals surface area (Å²) in [5.41, 5.74) is 3.30. The van der Waals surface area contributed by atoms with Gasteiger partial charge in [0.25, 0.3) is 0 Å². The third-order valence-electron chi connectivity index (χ3n) is 3.38. The Morgan fingerprint density at radius 2 is 2.15 bits per heavy atom. The van der Waals surface area contributed by atoms with E-state index >= 15 is 0 Å². The van der Waals surface area contributed by atoms with Crippen molar-refractivity contribution in [3.63, 3.8) is 0 Å². The van der Waals surface area contributed by atoms with Gasteiger partial charge in [-0.25, -0.2) is 4.79 Å². The van der Waals surface area contributed by atoms with Gasteiger partial charge in [-0.15, -0.1) is 0 Å². The lowest BCUT2D eigenvalue weighted by atomic mass is 10.2. The smallest absolute Gasteiger partial charge is 0.314 e. The molecule has 1 fully saturated rings. The molecule has 0 aliphatic carbocycles. The lowest BCUT2D eigenvalue weighted by molar-refractivity contribution is 0.137. The Balaban J connectivity index is 2.25. The zero-order chi connectivity index (χ0) is 14.9. The first-order valence-corrected chi connectivity index (χ1v) is 7.55. The average molecular weight is 294 g/mol. The van der Waals surface area contributed by atoms with Gasteiger partial charge < -0.3 is 4.90 Å². The molecule has 0 N–H and O–H groups in total. The van der Waals surface area contributed by atoms with Gasteiger partial charge in [0.05, 0.1) is 19.0 Å². The number of aryl methyl sites for hydroxylation is 1. The zero-order valence-corrected chi connectivity index (χ0v) is 13.5. The summed E-state index contributed by atoms with van der Waals surface area (Å²) < 4.78 is 4.45. The van der Waals surface area contributed by atoms with Crippen LogP contribution in [0.15, 0.2) is 12.2 Å². The summed E-state index contributed by atoms with van der Waals surface area (Å²) >= 11 is 1.41. The van der Waals surface area contributed by atoms with Crippen LogP contribution >= 0.6 is 11.5 Å². The van der Waals surface area contributed by atoms with E-state index in [0.29, 0.717) is 13.3 Å². The van der Waals surface area contributed by atoms with Crippen molar-refractivity contribution in [3.05, 3.63) is 23.4 Å². The Labute approximate surface area is 124 Å². The Hall–Kier alpha value is -1.40. The summed E-state index contributed by atoms with van der Waals surface area (Å²) in [5, 5.41) is 0.963. The summed E-state index contributed by atoms with van der Waals surface area (Å²) in [6, 6.07) is 0.0392. The van der Waals surface area contributed by atoms with Gasteiger partial charge in [0.2, 0.25) is 0 Å². The standard InChI is InChI=1S/C14H22N4OS/c1-6-12-11(4)13(20-15-12)18-9-17(7-10(2)3)8-16(5)14(18)19/h2,6-9H2,1,3-5H3. The van der Waals surface area contributed by atoms with Crippen molar-refractivity contribution < 1.29 is 4.79 Å². The van der Waals surface area contributed by atoms with E-state index in [1.807, 2.05) is 25.8 Å². The van der Waals surface area contributed by atoms with Gasteiger partial charge in [-0.05, 0) is 31.8 Å². The topological polar surface area (TPSA) is 39.7 Å². The number of rotatable bonds is 4. The molecule has 0 aromatic carbocycles. The highest BCUT2D eigenvalue weighted by atomic mass is 32.1. The second-order valence-corrected chi connectivity index (χ2v) is 6.14. The van der Waals surface area contributed by atoms with Gasteiger partial charge in [0.15, 0.2) is 0 Å². The third-order valence-corrected chi connectivity index (χ3v) is 4.39. The van der Waals surface area contributed by atoms with Crippen LogP contribution in [-0.2, 0) is 6.42 Å². The first-order chi connectivity index (χ1) is 9.43. The molecule has 0 spiro atoms. The number of nitrogens with zero attached hydrogens (tertiary/aromatic N) is 4. The summed E-state index contributed by atoms with van der Waals surface area (Å²) in [6.07, 6.45) is 0.898. The van der Waals surface area contributed by atoms with E-state index in [9.17, 15) is 4.79 Å². The van der Waals surface area contributed by atoms with Crippen molar-refractivity contribution in [2.45, 2.75) is 27.2 Å². The molecule has 20 heavy (non-hydrogen) atoms. The summed E-state index contributed by atoms with van der Waals surface area (Å²) in [7, 11) is 1.83. The highest BCUT2D eigenvalue weighted by Gasteiger charge is 2.31. The molecule has 2 heterocycles. The molecule has 6 heteroatoms. The quantitative estimate of drug-likeness (QED) is 0.802. The van der Waals surface area contributed by atoms with Crippen LogP contribution in [-0.4, -0.2) is 47.1 Å². The lowest BCUT2D eigenvalue weighted by Gasteiger charge is -2.40. The zero-order valence-electron chi connectivity index (χ0n) is 12.6. The van der Waals surface area contributed by atoms with Crippen molar-refractivity contribution >= 4 is 22.6 Å². The van der Waals surface area contributed by atoms with Crippen molar-refractivity contribution in [2.24, 2.45) is 0 Å². The van der Waals surface area contributed by atoms with E-state index in [0.717, 1.165) is 34.8 Å². The molecule has 110 valence electrons. The minimum Gasteiger partial charge on any atom is -0.314 e. The number of hydrogen-bond donors (Lipinski definition) is 0. The Morgan fingerprint density at radius 3 is 2.70 bits per heavy atom. The maximum absolute atomic E-state index is 12.4. The van der Waals surface area contributed by atoms with Crippen molar-refractivity contribution in [2.75, 3.05) is 31.8 Å². The van der Waals surface area contributed by atoms with Gasteiger partial charge in [-0.1, -0.05) is 19.1 Å². The molecule has 1 aliphatic rings. The largest absolute Gasteiger partial charge is 0.327 e. The maximum atomic E-state index is 12.4. The Morgan fingerprint density at radius 1 is 1.45 bits per heavy atom. The fourth-order valence-electron chi connectivity index (χ4n) is 2.44. The molecule has 1 aliphatic heterocycles. The summed E-state index contributed by atoms with van der Waals surface area (Å²) in [6.45, 7) is 12.1. The molecule has 0 saturated carbocycles. The second-order valence-electron chi connectivity index (χ2n) is 5.39. The summed E-state index contributed by atoms with van der Waals surface area (Å²) in [4.78, 5) is 18.1.